The van der Waals surface area contributed by atoms with Crippen LogP contribution in [0.15, 0.2) is 4.52 Å². The van der Waals surface area contributed by atoms with Gasteiger partial charge in [0.25, 0.3) is 10.2 Å². The van der Waals surface area contributed by atoms with E-state index in [4.69, 9.17) is 4.52 Å². The van der Waals surface area contributed by atoms with Gasteiger partial charge < -0.3 is 9.42 Å². The zero-order chi connectivity index (χ0) is 19.4. The Labute approximate surface area is 162 Å². The van der Waals surface area contributed by atoms with E-state index in [1.54, 1.807) is 8.61 Å². The van der Waals surface area contributed by atoms with Gasteiger partial charge in [0.1, 0.15) is 0 Å². The largest absolute Gasteiger partial charge is 0.338 e. The Bertz CT molecular complexity index is 693. The van der Waals surface area contributed by atoms with Crippen molar-refractivity contribution in [3.8, 4) is 0 Å². The zero-order valence-corrected chi connectivity index (χ0v) is 17.5. The summed E-state index contributed by atoms with van der Waals surface area (Å²) in [5.41, 5.74) is 0. The Morgan fingerprint density at radius 2 is 1.63 bits per heavy atom. The fourth-order valence-corrected chi connectivity index (χ4v) is 5.11. The van der Waals surface area contributed by atoms with E-state index in [-0.39, 0.29) is 6.04 Å². The standard InChI is InChI=1S/C17H32N6O3S/c1-4-5-6-16-18-17(26-19-16)15(2)21-9-13-23(14-10-21)27(24,25)22-11-7-20(3)8-12-22/h15H,4-14H2,1-3H3. The van der Waals surface area contributed by atoms with E-state index in [0.717, 1.165) is 38.2 Å². The minimum absolute atomic E-state index is 0.00127. The Morgan fingerprint density at radius 1 is 1.04 bits per heavy atom. The Hall–Kier alpha value is -1.07. The second-order valence-corrected chi connectivity index (χ2v) is 9.40. The Morgan fingerprint density at radius 3 is 2.22 bits per heavy atom. The van der Waals surface area contributed by atoms with Crippen LogP contribution in [-0.2, 0) is 16.6 Å². The first-order valence-electron chi connectivity index (χ1n) is 9.92. The lowest BCUT2D eigenvalue weighted by molar-refractivity contribution is 0.118. The topological polar surface area (TPSA) is 86.0 Å². The van der Waals surface area contributed by atoms with Gasteiger partial charge in [0.2, 0.25) is 5.89 Å². The van der Waals surface area contributed by atoms with Gasteiger partial charge in [0.15, 0.2) is 5.82 Å². The minimum atomic E-state index is -3.37. The maximum atomic E-state index is 12.9. The third kappa shape index (κ3) is 4.86. The molecule has 9 nitrogen and oxygen atoms in total. The Balaban J connectivity index is 1.54. The monoisotopic (exact) mass is 400 g/mol. The van der Waals surface area contributed by atoms with E-state index in [1.807, 2.05) is 14.0 Å². The number of unbranched alkanes of at least 4 members (excludes halogenated alkanes) is 1. The normalized spacial score (nSPS) is 22.9. The molecule has 2 aliphatic heterocycles. The minimum Gasteiger partial charge on any atom is -0.338 e. The summed E-state index contributed by atoms with van der Waals surface area (Å²) in [5, 5.41) is 4.06. The van der Waals surface area contributed by atoms with Crippen LogP contribution in [0.2, 0.25) is 0 Å². The van der Waals surface area contributed by atoms with Crippen LogP contribution in [0.4, 0.5) is 0 Å². The van der Waals surface area contributed by atoms with Crippen molar-refractivity contribution in [3.63, 3.8) is 0 Å². The molecular weight excluding hydrogens is 368 g/mol. The fraction of sp³-hybridized carbons (Fsp3) is 0.882. The highest BCUT2D eigenvalue weighted by Gasteiger charge is 2.35. The summed E-state index contributed by atoms with van der Waals surface area (Å²) in [6, 6.07) is 0.00127. The summed E-state index contributed by atoms with van der Waals surface area (Å²) in [7, 11) is -1.34. The average molecular weight is 401 g/mol. The van der Waals surface area contributed by atoms with Crippen LogP contribution in [0.1, 0.15) is 44.4 Å². The number of rotatable bonds is 7. The molecule has 27 heavy (non-hydrogen) atoms. The number of hydrogen-bond acceptors (Lipinski definition) is 7. The molecule has 0 aromatic carbocycles. The molecule has 0 aliphatic carbocycles. The molecule has 3 rings (SSSR count). The van der Waals surface area contributed by atoms with Crippen molar-refractivity contribution >= 4 is 10.2 Å². The van der Waals surface area contributed by atoms with E-state index < -0.39 is 10.2 Å². The van der Waals surface area contributed by atoms with Crippen LogP contribution in [0, 0.1) is 0 Å². The number of hydrogen-bond donors (Lipinski definition) is 0. The molecule has 0 saturated carbocycles. The van der Waals surface area contributed by atoms with Gasteiger partial charge in [-0.1, -0.05) is 18.5 Å². The second-order valence-electron chi connectivity index (χ2n) is 7.47. The molecule has 2 aliphatic rings. The molecule has 2 saturated heterocycles. The fourth-order valence-electron chi connectivity index (χ4n) is 3.53. The molecule has 1 atom stereocenters. The van der Waals surface area contributed by atoms with Gasteiger partial charge in [-0.2, -0.15) is 22.0 Å². The van der Waals surface area contributed by atoms with Crippen LogP contribution in [0.5, 0.6) is 0 Å². The predicted molar refractivity (Wildman–Crippen MR) is 102 cm³/mol. The van der Waals surface area contributed by atoms with Gasteiger partial charge in [-0.3, -0.25) is 4.90 Å². The SMILES string of the molecule is CCCCc1noc(C(C)N2CCN(S(=O)(=O)N3CCN(C)CC3)CC2)n1. The highest BCUT2D eigenvalue weighted by Crippen LogP contribution is 2.22. The molecule has 3 heterocycles. The lowest BCUT2D eigenvalue weighted by Crippen LogP contribution is -2.56. The number of aromatic nitrogens is 2. The van der Waals surface area contributed by atoms with Gasteiger partial charge >= 0.3 is 0 Å². The lowest BCUT2D eigenvalue weighted by atomic mass is 10.2. The smallest absolute Gasteiger partial charge is 0.282 e. The summed E-state index contributed by atoms with van der Waals surface area (Å²) < 4.78 is 34.4. The van der Waals surface area contributed by atoms with Crippen LogP contribution in [0.25, 0.3) is 0 Å². The van der Waals surface area contributed by atoms with Gasteiger partial charge in [-0.15, -0.1) is 0 Å². The van der Waals surface area contributed by atoms with Crippen LogP contribution < -0.4 is 0 Å². The molecule has 154 valence electrons. The average Bonchev–Trinajstić information content (AvgIpc) is 3.15. The molecule has 0 radical (unpaired) electrons. The van der Waals surface area contributed by atoms with Gasteiger partial charge in [-0.25, -0.2) is 0 Å². The van der Waals surface area contributed by atoms with E-state index in [2.05, 4.69) is 26.9 Å². The number of likely N-dealkylation sites (N-methyl/N-ethyl adjacent to an activating group) is 1. The summed E-state index contributed by atoms with van der Waals surface area (Å²) >= 11 is 0. The van der Waals surface area contributed by atoms with Crippen molar-refractivity contribution in [2.45, 2.75) is 39.2 Å². The van der Waals surface area contributed by atoms with E-state index >= 15 is 0 Å². The van der Waals surface area contributed by atoms with Crippen molar-refractivity contribution in [2.24, 2.45) is 0 Å². The number of piperazine rings is 2. The van der Waals surface area contributed by atoms with Crippen molar-refractivity contribution in [2.75, 3.05) is 59.4 Å². The molecule has 0 amide bonds. The second kappa shape index (κ2) is 8.95. The molecular formula is C17H32N6O3S. The molecule has 1 unspecified atom stereocenters. The van der Waals surface area contributed by atoms with E-state index in [1.165, 1.54) is 0 Å². The molecule has 2 fully saturated rings. The molecule has 0 spiro atoms. The van der Waals surface area contributed by atoms with Gasteiger partial charge in [0.05, 0.1) is 6.04 Å². The van der Waals surface area contributed by atoms with Gasteiger partial charge in [0, 0.05) is 58.8 Å². The molecule has 1 aromatic rings. The van der Waals surface area contributed by atoms with Crippen LogP contribution >= 0.6 is 0 Å². The van der Waals surface area contributed by atoms with Crippen molar-refractivity contribution in [3.05, 3.63) is 11.7 Å². The Kier molecular flexibility index (Phi) is 6.85. The van der Waals surface area contributed by atoms with E-state index in [0.29, 0.717) is 45.2 Å². The molecule has 1 aromatic heterocycles. The molecule has 10 heteroatoms. The third-order valence-electron chi connectivity index (χ3n) is 5.53. The number of nitrogens with zero attached hydrogens (tertiary/aromatic N) is 6. The quantitative estimate of drug-likeness (QED) is 0.662. The summed E-state index contributed by atoms with van der Waals surface area (Å²) in [4.78, 5) is 8.88. The highest BCUT2D eigenvalue weighted by molar-refractivity contribution is 7.86. The van der Waals surface area contributed by atoms with Gasteiger partial charge in [-0.05, 0) is 20.4 Å². The number of aryl methyl sites for hydroxylation is 1. The van der Waals surface area contributed by atoms with Crippen molar-refractivity contribution < 1.29 is 12.9 Å². The zero-order valence-electron chi connectivity index (χ0n) is 16.7. The highest BCUT2D eigenvalue weighted by atomic mass is 32.2. The predicted octanol–water partition coefficient (Wildman–Crippen LogP) is 0.583. The molecule has 0 bridgehead atoms. The summed E-state index contributed by atoms with van der Waals surface area (Å²) in [6.45, 7) is 9.21. The van der Waals surface area contributed by atoms with Crippen molar-refractivity contribution in [1.29, 1.82) is 0 Å². The third-order valence-corrected chi connectivity index (χ3v) is 7.57. The lowest BCUT2D eigenvalue weighted by Gasteiger charge is -2.40. The maximum Gasteiger partial charge on any atom is 0.282 e. The summed E-state index contributed by atoms with van der Waals surface area (Å²) in [5.74, 6) is 1.38. The maximum absolute atomic E-state index is 12.9. The first kappa shape index (κ1) is 20.7. The van der Waals surface area contributed by atoms with Crippen LogP contribution in [0.3, 0.4) is 0 Å². The summed E-state index contributed by atoms with van der Waals surface area (Å²) in [6.07, 6.45) is 2.99. The molecule has 0 N–H and O–H groups in total. The van der Waals surface area contributed by atoms with Crippen molar-refractivity contribution in [1.82, 2.24) is 28.6 Å². The first-order valence-corrected chi connectivity index (χ1v) is 11.3. The van der Waals surface area contributed by atoms with E-state index in [9.17, 15) is 8.42 Å². The van der Waals surface area contributed by atoms with Crippen LogP contribution in [-0.4, -0.2) is 96.4 Å². The first-order chi connectivity index (χ1) is 12.9.